The van der Waals surface area contributed by atoms with E-state index < -0.39 is 0 Å². The van der Waals surface area contributed by atoms with Crippen molar-refractivity contribution >= 4 is 5.91 Å². The van der Waals surface area contributed by atoms with Crippen molar-refractivity contribution in [2.24, 2.45) is 0 Å². The van der Waals surface area contributed by atoms with Crippen LogP contribution in [-0.4, -0.2) is 50.7 Å². The zero-order chi connectivity index (χ0) is 10.5. The molecule has 0 aromatic heterocycles. The van der Waals surface area contributed by atoms with Crippen LogP contribution >= 0.6 is 0 Å². The van der Waals surface area contributed by atoms with E-state index in [1.807, 2.05) is 14.1 Å². The van der Waals surface area contributed by atoms with Gasteiger partial charge in [0.25, 0.3) is 0 Å². The van der Waals surface area contributed by atoms with Gasteiger partial charge in [-0.2, -0.15) is 0 Å². The molecule has 0 aromatic rings. The van der Waals surface area contributed by atoms with Gasteiger partial charge in [-0.1, -0.05) is 0 Å². The maximum absolute atomic E-state index is 11.1. The Morgan fingerprint density at radius 3 is 2.38 bits per heavy atom. The van der Waals surface area contributed by atoms with Crippen LogP contribution in [0.25, 0.3) is 0 Å². The maximum atomic E-state index is 11.1. The van der Waals surface area contributed by atoms with E-state index in [4.69, 9.17) is 4.74 Å². The van der Waals surface area contributed by atoms with Gasteiger partial charge in [0.2, 0.25) is 5.91 Å². The number of ether oxygens (including phenoxy) is 1. The number of amides is 1. The van der Waals surface area contributed by atoms with Crippen molar-refractivity contribution in [2.75, 3.05) is 34.4 Å². The van der Waals surface area contributed by atoms with Crippen LogP contribution in [0.15, 0.2) is 0 Å². The molecule has 0 saturated carbocycles. The predicted molar refractivity (Wildman–Crippen MR) is 52.7 cm³/mol. The van der Waals surface area contributed by atoms with Crippen molar-refractivity contribution in [1.82, 2.24) is 10.2 Å². The zero-order valence-electron chi connectivity index (χ0n) is 9.18. The molecule has 0 aliphatic carbocycles. The smallest absolute Gasteiger partial charge is 0.246 e. The van der Waals surface area contributed by atoms with E-state index >= 15 is 0 Å². The van der Waals surface area contributed by atoms with E-state index in [0.29, 0.717) is 6.54 Å². The van der Waals surface area contributed by atoms with Gasteiger partial charge in [0.1, 0.15) is 6.61 Å². The molecule has 0 unspecified atom stereocenters. The predicted octanol–water partition coefficient (Wildman–Crippen LogP) is 0.0892. The van der Waals surface area contributed by atoms with E-state index in [0.717, 1.165) is 0 Å². The molecule has 78 valence electrons. The summed E-state index contributed by atoms with van der Waals surface area (Å²) in [5.41, 5.74) is -0.0244. The largest absolute Gasteiger partial charge is 0.375 e. The number of rotatable bonds is 5. The van der Waals surface area contributed by atoms with Crippen LogP contribution in [0, 0.1) is 0 Å². The SMILES string of the molecule is COCC(=O)NCC(C)(C)N(C)C. The van der Waals surface area contributed by atoms with Gasteiger partial charge < -0.3 is 15.0 Å². The first kappa shape index (κ1) is 12.4. The lowest BCUT2D eigenvalue weighted by atomic mass is 10.0. The summed E-state index contributed by atoms with van der Waals surface area (Å²) >= 11 is 0. The Morgan fingerprint density at radius 2 is 2.00 bits per heavy atom. The Labute approximate surface area is 80.2 Å². The summed E-state index contributed by atoms with van der Waals surface area (Å²) in [6.07, 6.45) is 0. The highest BCUT2D eigenvalue weighted by Gasteiger charge is 2.20. The molecule has 0 fully saturated rings. The molecular formula is C9H20N2O2. The van der Waals surface area contributed by atoms with Gasteiger partial charge in [0.15, 0.2) is 0 Å². The molecule has 4 heteroatoms. The summed E-state index contributed by atoms with van der Waals surface area (Å²) in [5.74, 6) is -0.0718. The number of carbonyl (C=O) groups is 1. The minimum atomic E-state index is -0.0718. The van der Waals surface area contributed by atoms with Crippen LogP contribution in [0.1, 0.15) is 13.8 Å². The average molecular weight is 188 g/mol. The molecule has 0 spiro atoms. The highest BCUT2D eigenvalue weighted by atomic mass is 16.5. The molecule has 0 saturated heterocycles. The van der Waals surface area contributed by atoms with Crippen LogP contribution in [0.4, 0.5) is 0 Å². The minimum absolute atomic E-state index is 0.0244. The number of hydrogen-bond acceptors (Lipinski definition) is 3. The molecule has 4 nitrogen and oxygen atoms in total. The first-order valence-corrected chi connectivity index (χ1v) is 4.33. The van der Waals surface area contributed by atoms with E-state index in [2.05, 4.69) is 24.1 Å². The lowest BCUT2D eigenvalue weighted by molar-refractivity contribution is -0.125. The molecule has 0 heterocycles. The molecule has 0 atom stereocenters. The van der Waals surface area contributed by atoms with Crippen LogP contribution in [0.2, 0.25) is 0 Å². The van der Waals surface area contributed by atoms with Crippen molar-refractivity contribution in [2.45, 2.75) is 19.4 Å². The standard InChI is InChI=1S/C9H20N2O2/c1-9(2,11(3)4)7-10-8(12)6-13-5/h6-7H2,1-5H3,(H,10,12). The number of likely N-dealkylation sites (N-methyl/N-ethyl adjacent to an activating group) is 1. The topological polar surface area (TPSA) is 41.6 Å². The summed E-state index contributed by atoms with van der Waals surface area (Å²) in [4.78, 5) is 13.1. The van der Waals surface area contributed by atoms with Gasteiger partial charge in [0, 0.05) is 19.2 Å². The van der Waals surface area contributed by atoms with Gasteiger partial charge in [-0.05, 0) is 27.9 Å². The molecule has 0 rings (SSSR count). The Bertz CT molecular complexity index is 167. The fraction of sp³-hybridized carbons (Fsp3) is 0.889. The van der Waals surface area contributed by atoms with Crippen LogP contribution in [0.5, 0.6) is 0 Å². The highest BCUT2D eigenvalue weighted by Crippen LogP contribution is 2.07. The van der Waals surface area contributed by atoms with Crippen molar-refractivity contribution in [3.05, 3.63) is 0 Å². The first-order chi connectivity index (χ1) is 5.90. The Kier molecular flexibility index (Phi) is 4.95. The number of nitrogens with one attached hydrogen (secondary N) is 1. The third-order valence-electron chi connectivity index (χ3n) is 2.20. The van der Waals surface area contributed by atoms with Gasteiger partial charge >= 0.3 is 0 Å². The summed E-state index contributed by atoms with van der Waals surface area (Å²) in [6.45, 7) is 4.89. The molecule has 0 bridgehead atoms. The Balaban J connectivity index is 3.81. The van der Waals surface area contributed by atoms with Gasteiger partial charge in [0.05, 0.1) is 0 Å². The first-order valence-electron chi connectivity index (χ1n) is 4.33. The van der Waals surface area contributed by atoms with E-state index in [1.165, 1.54) is 7.11 Å². The summed E-state index contributed by atoms with van der Waals surface area (Å²) in [6, 6.07) is 0. The third-order valence-corrected chi connectivity index (χ3v) is 2.20. The van der Waals surface area contributed by atoms with Gasteiger partial charge in [-0.15, -0.1) is 0 Å². The third kappa shape index (κ3) is 4.85. The maximum Gasteiger partial charge on any atom is 0.246 e. The molecule has 0 aromatic carbocycles. The lowest BCUT2D eigenvalue weighted by Crippen LogP contribution is -2.48. The van der Waals surface area contributed by atoms with Crippen molar-refractivity contribution in [1.29, 1.82) is 0 Å². The monoisotopic (exact) mass is 188 g/mol. The summed E-state index contributed by atoms with van der Waals surface area (Å²) in [7, 11) is 5.49. The second-order valence-corrected chi connectivity index (χ2v) is 3.92. The van der Waals surface area contributed by atoms with E-state index in [1.54, 1.807) is 0 Å². The fourth-order valence-corrected chi connectivity index (χ4v) is 0.655. The summed E-state index contributed by atoms with van der Waals surface area (Å²) in [5, 5.41) is 2.80. The summed E-state index contributed by atoms with van der Waals surface area (Å²) < 4.78 is 4.70. The van der Waals surface area contributed by atoms with Crippen LogP contribution in [0.3, 0.4) is 0 Å². The molecular weight excluding hydrogens is 168 g/mol. The molecule has 13 heavy (non-hydrogen) atoms. The van der Waals surface area contributed by atoms with E-state index in [-0.39, 0.29) is 18.1 Å². The number of methoxy groups -OCH3 is 1. The minimum Gasteiger partial charge on any atom is -0.375 e. The van der Waals surface area contributed by atoms with Crippen molar-refractivity contribution < 1.29 is 9.53 Å². The van der Waals surface area contributed by atoms with E-state index in [9.17, 15) is 4.79 Å². The van der Waals surface area contributed by atoms with Crippen molar-refractivity contribution in [3.63, 3.8) is 0 Å². The second-order valence-electron chi connectivity index (χ2n) is 3.92. The Morgan fingerprint density at radius 1 is 1.46 bits per heavy atom. The lowest BCUT2D eigenvalue weighted by Gasteiger charge is -2.32. The molecule has 0 aliphatic rings. The van der Waals surface area contributed by atoms with Crippen molar-refractivity contribution in [3.8, 4) is 0 Å². The number of carbonyl (C=O) groups excluding carboxylic acids is 1. The Hall–Kier alpha value is -0.610. The fourth-order valence-electron chi connectivity index (χ4n) is 0.655. The van der Waals surface area contributed by atoms with Gasteiger partial charge in [-0.3, -0.25) is 4.79 Å². The zero-order valence-corrected chi connectivity index (χ0v) is 9.18. The number of hydrogen-bond donors (Lipinski definition) is 1. The second kappa shape index (κ2) is 5.19. The average Bonchev–Trinajstić information content (AvgIpc) is 2.01. The number of nitrogens with zero attached hydrogens (tertiary/aromatic N) is 1. The normalized spacial score (nSPS) is 11.8. The highest BCUT2D eigenvalue weighted by molar-refractivity contribution is 5.77. The molecule has 0 radical (unpaired) electrons. The quantitative estimate of drug-likeness (QED) is 0.665. The van der Waals surface area contributed by atoms with Crippen LogP contribution in [-0.2, 0) is 9.53 Å². The molecule has 1 amide bonds. The van der Waals surface area contributed by atoms with Gasteiger partial charge in [-0.25, -0.2) is 0 Å². The molecule has 0 aliphatic heterocycles. The molecule has 1 N–H and O–H groups in total. The van der Waals surface area contributed by atoms with Crippen LogP contribution < -0.4 is 5.32 Å².